The molecule has 1 aromatic rings. The Labute approximate surface area is 130 Å². The van der Waals surface area contributed by atoms with Crippen LogP contribution in [0, 0.1) is 17.0 Å². The molecule has 0 unspecified atom stereocenters. The van der Waals surface area contributed by atoms with Crippen LogP contribution in [0.5, 0.6) is 0 Å². The van der Waals surface area contributed by atoms with Crippen LogP contribution in [0.15, 0.2) is 36.4 Å². The molecule has 2 saturated heterocycles. The molecule has 4 atom stereocenters. The molecular formula is C15H13N2O6-. The molecule has 3 aliphatic rings. The second-order valence-corrected chi connectivity index (χ2v) is 5.96. The standard InChI is InChI=1S/C15H13N2O6/c18-13-12-11(14(19)20)10-4-5-15(12,23-10)7-16(13)8-2-1-3-9(6-8)17(21)22/h1-6,10-12,21H,7H2,(H,19,20)/q-1/t10-,11-,12+,15-/m1/s1. The summed E-state index contributed by atoms with van der Waals surface area (Å²) in [5.41, 5.74) is -0.534. The van der Waals surface area contributed by atoms with Crippen molar-refractivity contribution >= 4 is 23.3 Å². The first kappa shape index (κ1) is 14.2. The predicted octanol–water partition coefficient (Wildman–Crippen LogP) is 0.751. The summed E-state index contributed by atoms with van der Waals surface area (Å²) in [5, 5.41) is 29.1. The number of rotatable bonds is 3. The number of carboxylic acids is 1. The molecule has 8 nitrogen and oxygen atoms in total. The van der Waals surface area contributed by atoms with Crippen LogP contribution in [0.25, 0.3) is 0 Å². The van der Waals surface area contributed by atoms with Crippen LogP contribution in [-0.2, 0) is 14.3 Å². The van der Waals surface area contributed by atoms with E-state index in [9.17, 15) is 19.9 Å². The minimum absolute atomic E-state index is 0.0135. The topological polar surface area (TPSA) is 113 Å². The number of carbonyl (C=O) groups is 2. The van der Waals surface area contributed by atoms with Crippen LogP contribution in [0.4, 0.5) is 11.4 Å². The highest BCUT2D eigenvalue weighted by molar-refractivity contribution is 6.02. The smallest absolute Gasteiger partial charge is 0.310 e. The summed E-state index contributed by atoms with van der Waals surface area (Å²) in [4.78, 5) is 25.7. The highest BCUT2D eigenvalue weighted by Gasteiger charge is 2.67. The zero-order chi connectivity index (χ0) is 16.4. The van der Waals surface area contributed by atoms with Crippen molar-refractivity contribution in [2.75, 3.05) is 16.7 Å². The van der Waals surface area contributed by atoms with Crippen LogP contribution >= 0.6 is 0 Å². The first-order valence-electron chi connectivity index (χ1n) is 7.10. The lowest BCUT2D eigenvalue weighted by Crippen LogP contribution is -2.39. The van der Waals surface area contributed by atoms with E-state index in [0.29, 0.717) is 5.69 Å². The highest BCUT2D eigenvalue weighted by atomic mass is 16.8. The fraction of sp³-hybridized carbons (Fsp3) is 0.333. The molecule has 2 N–H and O–H groups in total. The quantitative estimate of drug-likeness (QED) is 0.624. The zero-order valence-electron chi connectivity index (χ0n) is 11.8. The van der Waals surface area contributed by atoms with Gasteiger partial charge in [0.1, 0.15) is 11.5 Å². The van der Waals surface area contributed by atoms with Crippen molar-refractivity contribution in [3.05, 3.63) is 41.6 Å². The van der Waals surface area contributed by atoms with E-state index < -0.39 is 29.5 Å². The number of benzene rings is 1. The maximum atomic E-state index is 12.8. The summed E-state index contributed by atoms with van der Waals surface area (Å²) in [7, 11) is 0. The van der Waals surface area contributed by atoms with Gasteiger partial charge in [-0.3, -0.25) is 14.8 Å². The zero-order valence-corrected chi connectivity index (χ0v) is 11.8. The molecule has 0 aromatic heterocycles. The summed E-state index contributed by atoms with van der Waals surface area (Å²) < 4.78 is 5.78. The average Bonchev–Trinajstić information content (AvgIpc) is 3.15. The molecule has 1 amide bonds. The van der Waals surface area contributed by atoms with E-state index >= 15 is 0 Å². The molecule has 4 rings (SSSR count). The maximum Gasteiger partial charge on any atom is 0.310 e. The largest absolute Gasteiger partial charge is 0.733 e. The number of aliphatic carboxylic acids is 1. The number of carboxylic acid groups (broad SMARTS) is 1. The lowest BCUT2D eigenvalue weighted by atomic mass is 9.77. The van der Waals surface area contributed by atoms with E-state index in [1.807, 2.05) is 0 Å². The summed E-state index contributed by atoms with van der Waals surface area (Å²) in [6, 6.07) is 5.93. The van der Waals surface area contributed by atoms with Crippen molar-refractivity contribution in [1.29, 1.82) is 0 Å². The van der Waals surface area contributed by atoms with Gasteiger partial charge in [-0.1, -0.05) is 18.2 Å². The second kappa shape index (κ2) is 4.54. The Balaban J connectivity index is 1.72. The molecule has 0 saturated carbocycles. The number of ether oxygens (including phenoxy) is 1. The van der Waals surface area contributed by atoms with E-state index in [2.05, 4.69) is 0 Å². The van der Waals surface area contributed by atoms with Gasteiger partial charge in [0.05, 0.1) is 24.3 Å². The molecule has 8 heteroatoms. The Hall–Kier alpha value is -2.42. The van der Waals surface area contributed by atoms with Crippen molar-refractivity contribution in [2.45, 2.75) is 11.7 Å². The average molecular weight is 317 g/mol. The number of hydrogen-bond donors (Lipinski definition) is 2. The molecule has 2 fully saturated rings. The van der Waals surface area contributed by atoms with Crippen molar-refractivity contribution in [2.24, 2.45) is 11.8 Å². The highest BCUT2D eigenvalue weighted by Crippen LogP contribution is 2.52. The summed E-state index contributed by atoms with van der Waals surface area (Å²) >= 11 is 0. The Kier molecular flexibility index (Phi) is 2.80. The molecule has 3 aliphatic heterocycles. The minimum Gasteiger partial charge on any atom is -0.733 e. The molecule has 1 spiro atoms. The predicted molar refractivity (Wildman–Crippen MR) is 77.8 cm³/mol. The van der Waals surface area contributed by atoms with Crippen LogP contribution in [0.2, 0.25) is 0 Å². The lowest BCUT2D eigenvalue weighted by Gasteiger charge is -2.25. The van der Waals surface area contributed by atoms with Crippen molar-refractivity contribution in [3.63, 3.8) is 0 Å². The number of nitrogens with zero attached hydrogens (tertiary/aromatic N) is 2. The third kappa shape index (κ3) is 1.83. The first-order chi connectivity index (χ1) is 10.9. The normalized spacial score (nSPS) is 34.1. The number of fused-ring (bicyclic) bond motifs is 1. The van der Waals surface area contributed by atoms with Crippen LogP contribution in [0.1, 0.15) is 0 Å². The van der Waals surface area contributed by atoms with Crippen LogP contribution in [-0.4, -0.2) is 40.4 Å². The summed E-state index contributed by atoms with van der Waals surface area (Å²) in [6.07, 6.45) is 2.87. The Morgan fingerprint density at radius 1 is 1.48 bits per heavy atom. The van der Waals surface area contributed by atoms with E-state index in [1.165, 1.54) is 23.1 Å². The fourth-order valence-electron chi connectivity index (χ4n) is 3.78. The van der Waals surface area contributed by atoms with E-state index in [0.717, 1.165) is 0 Å². The van der Waals surface area contributed by atoms with Gasteiger partial charge in [0.2, 0.25) is 5.91 Å². The third-order valence-corrected chi connectivity index (χ3v) is 4.75. The van der Waals surface area contributed by atoms with Crippen molar-refractivity contribution < 1.29 is 24.6 Å². The van der Waals surface area contributed by atoms with Gasteiger partial charge in [0.15, 0.2) is 0 Å². The summed E-state index contributed by atoms with van der Waals surface area (Å²) in [6.45, 7) is 0.182. The Bertz CT molecular complexity index is 732. The molecular weight excluding hydrogens is 304 g/mol. The SMILES string of the molecule is O=C(O)[C@H]1[C@H]2C(=O)N(c3cccc(N([O-])O)c3)C[C@]23C=C[C@H]1O3. The first-order valence-corrected chi connectivity index (χ1v) is 7.10. The van der Waals surface area contributed by atoms with Gasteiger partial charge in [0.25, 0.3) is 0 Å². The fourth-order valence-corrected chi connectivity index (χ4v) is 3.78. The van der Waals surface area contributed by atoms with Gasteiger partial charge < -0.3 is 25.2 Å². The van der Waals surface area contributed by atoms with Gasteiger partial charge in [-0.25, -0.2) is 0 Å². The molecule has 0 radical (unpaired) electrons. The molecule has 23 heavy (non-hydrogen) atoms. The molecule has 1 aromatic carbocycles. The van der Waals surface area contributed by atoms with Crippen molar-refractivity contribution in [1.82, 2.24) is 0 Å². The van der Waals surface area contributed by atoms with Crippen LogP contribution < -0.4 is 10.1 Å². The maximum absolute atomic E-state index is 12.8. The second-order valence-electron chi connectivity index (χ2n) is 5.96. The number of carbonyl (C=O) groups excluding carboxylic acids is 1. The monoisotopic (exact) mass is 317 g/mol. The molecule has 3 heterocycles. The number of hydrogen-bond acceptors (Lipinski definition) is 6. The van der Waals surface area contributed by atoms with Crippen LogP contribution in [0.3, 0.4) is 0 Å². The number of amides is 1. The van der Waals surface area contributed by atoms with E-state index in [1.54, 1.807) is 18.2 Å². The third-order valence-electron chi connectivity index (χ3n) is 4.75. The molecule has 2 bridgehead atoms. The lowest BCUT2D eigenvalue weighted by molar-refractivity contribution is -0.146. The van der Waals surface area contributed by atoms with Gasteiger partial charge in [0, 0.05) is 5.69 Å². The summed E-state index contributed by atoms with van der Waals surface area (Å²) in [5.74, 6) is -3.10. The molecule has 0 aliphatic carbocycles. The van der Waals surface area contributed by atoms with Gasteiger partial charge >= 0.3 is 5.97 Å². The van der Waals surface area contributed by atoms with E-state index in [4.69, 9.17) is 9.94 Å². The number of anilines is 2. The van der Waals surface area contributed by atoms with Gasteiger partial charge in [-0.2, -0.15) is 0 Å². The molecule has 120 valence electrons. The van der Waals surface area contributed by atoms with Gasteiger partial charge in [-0.15, -0.1) is 0 Å². The Morgan fingerprint density at radius 3 is 2.96 bits per heavy atom. The minimum atomic E-state index is -1.06. The van der Waals surface area contributed by atoms with E-state index in [-0.39, 0.29) is 23.4 Å². The van der Waals surface area contributed by atoms with Crippen molar-refractivity contribution in [3.8, 4) is 0 Å². The van der Waals surface area contributed by atoms with Gasteiger partial charge in [-0.05, 0) is 18.2 Å². The Morgan fingerprint density at radius 2 is 2.26 bits per heavy atom.